The van der Waals surface area contributed by atoms with Crippen LogP contribution in [0.5, 0.6) is 0 Å². The summed E-state index contributed by atoms with van der Waals surface area (Å²) in [6.45, 7) is 7.25. The molecule has 0 saturated carbocycles. The number of amides is 2. The van der Waals surface area contributed by atoms with Crippen LogP contribution in [0.15, 0.2) is 28.8 Å². The molecule has 2 amide bonds. The Kier molecular flexibility index (Phi) is 5.40. The molecular formula is C20H25N3O3. The molecule has 6 nitrogen and oxygen atoms in total. The van der Waals surface area contributed by atoms with Gasteiger partial charge in [-0.1, -0.05) is 22.9 Å². The maximum atomic E-state index is 12.7. The fourth-order valence-corrected chi connectivity index (χ4v) is 3.33. The van der Waals surface area contributed by atoms with Crippen LogP contribution in [-0.2, 0) is 11.3 Å². The highest BCUT2D eigenvalue weighted by Crippen LogP contribution is 2.20. The maximum Gasteiger partial charge on any atom is 0.253 e. The lowest BCUT2D eigenvalue weighted by Gasteiger charge is -2.32. The minimum Gasteiger partial charge on any atom is -0.361 e. The molecule has 26 heavy (non-hydrogen) atoms. The predicted octanol–water partition coefficient (Wildman–Crippen LogP) is 2.77. The molecule has 1 aromatic heterocycles. The van der Waals surface area contributed by atoms with Gasteiger partial charge < -0.3 is 14.7 Å². The van der Waals surface area contributed by atoms with Gasteiger partial charge in [-0.05, 0) is 45.7 Å². The number of rotatable bonds is 4. The summed E-state index contributed by atoms with van der Waals surface area (Å²) in [4.78, 5) is 27.0. The number of carbonyl (C=O) groups excluding carboxylic acids is 2. The first-order chi connectivity index (χ1) is 12.5. The fourth-order valence-electron chi connectivity index (χ4n) is 3.33. The molecular weight excluding hydrogens is 330 g/mol. The second-order valence-corrected chi connectivity index (χ2v) is 6.98. The van der Waals surface area contributed by atoms with E-state index >= 15 is 0 Å². The van der Waals surface area contributed by atoms with E-state index in [4.69, 9.17) is 4.52 Å². The zero-order valence-corrected chi connectivity index (χ0v) is 15.5. The van der Waals surface area contributed by atoms with Crippen LogP contribution in [0, 0.1) is 26.7 Å². The lowest BCUT2D eigenvalue weighted by atomic mass is 9.96. The summed E-state index contributed by atoms with van der Waals surface area (Å²) in [5, 5.41) is 6.87. The van der Waals surface area contributed by atoms with Crippen LogP contribution in [0.2, 0.25) is 0 Å². The van der Waals surface area contributed by atoms with Crippen molar-refractivity contribution in [3.8, 4) is 0 Å². The molecule has 1 aromatic carbocycles. The average Bonchev–Trinajstić information content (AvgIpc) is 2.97. The van der Waals surface area contributed by atoms with Crippen LogP contribution in [0.25, 0.3) is 0 Å². The van der Waals surface area contributed by atoms with Crippen LogP contribution < -0.4 is 5.32 Å². The molecule has 2 aromatic rings. The summed E-state index contributed by atoms with van der Waals surface area (Å²) in [6, 6.07) is 7.56. The number of aryl methyl sites for hydroxylation is 3. The first-order valence-corrected chi connectivity index (χ1v) is 9.01. The highest BCUT2D eigenvalue weighted by atomic mass is 16.5. The molecule has 1 N–H and O–H groups in total. The van der Waals surface area contributed by atoms with Crippen molar-refractivity contribution in [2.75, 3.05) is 13.1 Å². The van der Waals surface area contributed by atoms with Crippen molar-refractivity contribution in [3.63, 3.8) is 0 Å². The molecule has 2 heterocycles. The largest absolute Gasteiger partial charge is 0.361 e. The minimum atomic E-state index is -0.182. The second kappa shape index (κ2) is 7.72. The molecule has 3 rings (SSSR count). The van der Waals surface area contributed by atoms with Gasteiger partial charge in [0.2, 0.25) is 5.91 Å². The second-order valence-electron chi connectivity index (χ2n) is 6.98. The molecule has 0 aliphatic carbocycles. The molecule has 1 aliphatic rings. The van der Waals surface area contributed by atoms with E-state index in [2.05, 4.69) is 10.5 Å². The normalized spacial score (nSPS) is 17.2. The van der Waals surface area contributed by atoms with Crippen LogP contribution in [0.4, 0.5) is 0 Å². The van der Waals surface area contributed by atoms with Gasteiger partial charge >= 0.3 is 0 Å². The fraction of sp³-hybridized carbons (Fsp3) is 0.450. The van der Waals surface area contributed by atoms with Crippen molar-refractivity contribution in [1.29, 1.82) is 0 Å². The van der Waals surface area contributed by atoms with Crippen molar-refractivity contribution in [2.45, 2.75) is 40.2 Å². The molecule has 0 spiro atoms. The van der Waals surface area contributed by atoms with E-state index in [9.17, 15) is 9.59 Å². The molecule has 1 saturated heterocycles. The van der Waals surface area contributed by atoms with Crippen LogP contribution in [0.3, 0.4) is 0 Å². The van der Waals surface area contributed by atoms with Crippen molar-refractivity contribution in [1.82, 2.24) is 15.4 Å². The number of carbonyl (C=O) groups is 2. The van der Waals surface area contributed by atoms with E-state index < -0.39 is 0 Å². The lowest BCUT2D eigenvalue weighted by Crippen LogP contribution is -2.45. The summed E-state index contributed by atoms with van der Waals surface area (Å²) < 4.78 is 5.12. The third-order valence-electron chi connectivity index (χ3n) is 5.00. The Morgan fingerprint density at radius 1 is 1.23 bits per heavy atom. The number of piperidine rings is 1. The van der Waals surface area contributed by atoms with E-state index in [-0.39, 0.29) is 17.7 Å². The Balaban J connectivity index is 1.59. The van der Waals surface area contributed by atoms with Gasteiger partial charge in [-0.3, -0.25) is 9.59 Å². The first-order valence-electron chi connectivity index (χ1n) is 9.01. The Morgan fingerprint density at radius 2 is 1.96 bits per heavy atom. The summed E-state index contributed by atoms with van der Waals surface area (Å²) >= 11 is 0. The summed E-state index contributed by atoms with van der Waals surface area (Å²) in [5.41, 5.74) is 3.51. The highest BCUT2D eigenvalue weighted by molar-refractivity contribution is 5.94. The molecule has 0 bridgehead atoms. The molecule has 1 unspecified atom stereocenters. The number of nitrogens with zero attached hydrogens (tertiary/aromatic N) is 2. The maximum absolute atomic E-state index is 12.7. The standard InChI is InChI=1S/C20H25N3O3/c1-13-6-8-16(9-7-13)20(25)23-10-4-5-17(12-23)19(24)21-11-18-14(2)22-26-15(18)3/h6-9,17H,4-5,10-12H2,1-3H3,(H,21,24). The van der Waals surface area contributed by atoms with Gasteiger partial charge in [-0.15, -0.1) is 0 Å². The lowest BCUT2D eigenvalue weighted by molar-refractivity contribution is -0.126. The summed E-state index contributed by atoms with van der Waals surface area (Å²) in [5.74, 6) is 0.515. The SMILES string of the molecule is Cc1ccc(C(=O)N2CCCC(C(=O)NCc3c(C)noc3C)C2)cc1. The highest BCUT2D eigenvalue weighted by Gasteiger charge is 2.29. The summed E-state index contributed by atoms with van der Waals surface area (Å²) in [6.07, 6.45) is 1.63. The van der Waals surface area contributed by atoms with E-state index in [0.29, 0.717) is 25.2 Å². The quantitative estimate of drug-likeness (QED) is 0.915. The number of aromatic nitrogens is 1. The number of benzene rings is 1. The number of hydrogen-bond acceptors (Lipinski definition) is 4. The first kappa shape index (κ1) is 18.2. The van der Waals surface area contributed by atoms with Crippen molar-refractivity contribution in [2.24, 2.45) is 5.92 Å². The van der Waals surface area contributed by atoms with Crippen LogP contribution >= 0.6 is 0 Å². The Hall–Kier alpha value is -2.63. The molecule has 0 radical (unpaired) electrons. The summed E-state index contributed by atoms with van der Waals surface area (Å²) in [7, 11) is 0. The molecule has 6 heteroatoms. The topological polar surface area (TPSA) is 75.4 Å². The van der Waals surface area contributed by atoms with E-state index in [1.165, 1.54) is 0 Å². The van der Waals surface area contributed by atoms with E-state index in [1.807, 2.05) is 45.0 Å². The van der Waals surface area contributed by atoms with Gasteiger partial charge in [0.15, 0.2) is 0 Å². The van der Waals surface area contributed by atoms with Crippen molar-refractivity contribution >= 4 is 11.8 Å². The van der Waals surface area contributed by atoms with Gasteiger partial charge in [-0.2, -0.15) is 0 Å². The third kappa shape index (κ3) is 3.95. The Labute approximate surface area is 153 Å². The number of nitrogens with one attached hydrogen (secondary N) is 1. The van der Waals surface area contributed by atoms with Crippen LogP contribution in [-0.4, -0.2) is 35.0 Å². The number of likely N-dealkylation sites (tertiary alicyclic amines) is 1. The molecule has 1 aliphatic heterocycles. The molecule has 138 valence electrons. The third-order valence-corrected chi connectivity index (χ3v) is 5.00. The number of hydrogen-bond donors (Lipinski definition) is 1. The van der Waals surface area contributed by atoms with Crippen molar-refractivity contribution in [3.05, 3.63) is 52.4 Å². The van der Waals surface area contributed by atoms with Gasteiger partial charge in [0.25, 0.3) is 5.91 Å². The Bertz CT molecular complexity index is 776. The average molecular weight is 355 g/mol. The zero-order chi connectivity index (χ0) is 18.7. The van der Waals surface area contributed by atoms with Crippen LogP contribution in [0.1, 0.15) is 45.8 Å². The minimum absolute atomic E-state index is 0.00627. The van der Waals surface area contributed by atoms with Gasteiger partial charge in [0, 0.05) is 30.8 Å². The zero-order valence-electron chi connectivity index (χ0n) is 15.5. The van der Waals surface area contributed by atoms with Gasteiger partial charge in [-0.25, -0.2) is 0 Å². The van der Waals surface area contributed by atoms with E-state index in [1.54, 1.807) is 4.90 Å². The molecule has 1 atom stereocenters. The Morgan fingerprint density at radius 3 is 2.62 bits per heavy atom. The van der Waals surface area contributed by atoms with Gasteiger partial charge in [0.1, 0.15) is 5.76 Å². The van der Waals surface area contributed by atoms with E-state index in [0.717, 1.165) is 35.4 Å². The van der Waals surface area contributed by atoms with Crippen molar-refractivity contribution < 1.29 is 14.1 Å². The van der Waals surface area contributed by atoms with Gasteiger partial charge in [0.05, 0.1) is 11.6 Å². The predicted molar refractivity (Wildman–Crippen MR) is 97.6 cm³/mol. The smallest absolute Gasteiger partial charge is 0.253 e. The monoisotopic (exact) mass is 355 g/mol. The molecule has 1 fully saturated rings.